The lowest BCUT2D eigenvalue weighted by atomic mass is 10.1. The van der Waals surface area contributed by atoms with E-state index < -0.39 is 5.97 Å². The molecule has 2 rings (SSSR count). The highest BCUT2D eigenvalue weighted by molar-refractivity contribution is 5.70. The Kier molecular flexibility index (Phi) is 2.02. The average molecular weight is 171 g/mol. The van der Waals surface area contributed by atoms with Gasteiger partial charge in [0.1, 0.15) is 0 Å². The van der Waals surface area contributed by atoms with Gasteiger partial charge in [0.2, 0.25) is 0 Å². The van der Waals surface area contributed by atoms with Gasteiger partial charge in [-0.15, -0.1) is 0 Å². The third kappa shape index (κ3) is 1.32. The zero-order chi connectivity index (χ0) is 8.55. The third-order valence-corrected chi connectivity index (χ3v) is 2.71. The summed E-state index contributed by atoms with van der Waals surface area (Å²) in [5.74, 6) is -0.832. The van der Waals surface area contributed by atoms with Crippen LogP contribution in [0, 0.1) is 5.92 Å². The summed E-state index contributed by atoms with van der Waals surface area (Å²) in [5.41, 5.74) is 0. The molecule has 12 heavy (non-hydrogen) atoms. The summed E-state index contributed by atoms with van der Waals surface area (Å²) in [6, 6.07) is 0.361. The average Bonchev–Trinajstić information content (AvgIpc) is 2.46. The van der Waals surface area contributed by atoms with Crippen LogP contribution in [0.1, 0.15) is 6.42 Å². The molecular weight excluding hydrogens is 158 g/mol. The number of carboxylic acids is 1. The fourth-order valence-electron chi connectivity index (χ4n) is 2.01. The van der Waals surface area contributed by atoms with Gasteiger partial charge in [0, 0.05) is 19.1 Å². The molecule has 0 aromatic carbocycles. The smallest absolute Gasteiger partial charge is 0.307 e. The van der Waals surface area contributed by atoms with Crippen LogP contribution >= 0.6 is 0 Å². The number of hydrogen-bond donors (Lipinski definition) is 1. The molecule has 2 heterocycles. The Hall–Kier alpha value is -0.610. The van der Waals surface area contributed by atoms with Gasteiger partial charge in [-0.1, -0.05) is 0 Å². The molecule has 0 aromatic heterocycles. The van der Waals surface area contributed by atoms with Crippen molar-refractivity contribution in [2.24, 2.45) is 5.92 Å². The first-order chi connectivity index (χ1) is 5.77. The Morgan fingerprint density at radius 1 is 1.58 bits per heavy atom. The van der Waals surface area contributed by atoms with Crippen molar-refractivity contribution in [3.8, 4) is 0 Å². The highest BCUT2D eigenvalue weighted by atomic mass is 16.5. The van der Waals surface area contributed by atoms with Crippen LogP contribution in [0.4, 0.5) is 0 Å². The SMILES string of the molecule is O=C(O)[C@@H]1C[C@H]2COCCN2C1. The Labute approximate surface area is 71.1 Å². The second-order valence-corrected chi connectivity index (χ2v) is 3.49. The van der Waals surface area contributed by atoms with E-state index in [9.17, 15) is 4.79 Å². The molecule has 0 amide bonds. The quantitative estimate of drug-likeness (QED) is 0.593. The third-order valence-electron chi connectivity index (χ3n) is 2.71. The molecule has 2 fully saturated rings. The molecule has 4 heteroatoms. The lowest BCUT2D eigenvalue weighted by molar-refractivity contribution is -0.141. The van der Waals surface area contributed by atoms with Crippen molar-refractivity contribution in [1.82, 2.24) is 4.90 Å². The zero-order valence-electron chi connectivity index (χ0n) is 6.90. The van der Waals surface area contributed by atoms with Gasteiger partial charge in [-0.25, -0.2) is 0 Å². The minimum absolute atomic E-state index is 0.170. The van der Waals surface area contributed by atoms with Crippen LogP contribution in [0.3, 0.4) is 0 Å². The predicted molar refractivity (Wildman–Crippen MR) is 41.9 cm³/mol. The molecule has 2 atom stereocenters. The molecule has 0 aromatic rings. The van der Waals surface area contributed by atoms with E-state index in [1.54, 1.807) is 0 Å². The molecule has 0 radical (unpaired) electrons. The molecule has 0 aliphatic carbocycles. The van der Waals surface area contributed by atoms with Gasteiger partial charge in [-0.3, -0.25) is 9.69 Å². The van der Waals surface area contributed by atoms with Crippen molar-refractivity contribution in [3.63, 3.8) is 0 Å². The van der Waals surface area contributed by atoms with E-state index in [0.717, 1.165) is 19.6 Å². The fraction of sp³-hybridized carbons (Fsp3) is 0.875. The second-order valence-electron chi connectivity index (χ2n) is 3.49. The Morgan fingerprint density at radius 3 is 3.08 bits per heavy atom. The molecule has 0 bridgehead atoms. The summed E-state index contributed by atoms with van der Waals surface area (Å²) in [4.78, 5) is 12.9. The molecular formula is C8H13NO3. The van der Waals surface area contributed by atoms with Gasteiger partial charge in [-0.05, 0) is 6.42 Å². The lowest BCUT2D eigenvalue weighted by Crippen LogP contribution is -2.40. The molecule has 4 nitrogen and oxygen atoms in total. The monoisotopic (exact) mass is 171 g/mol. The molecule has 2 aliphatic rings. The Morgan fingerprint density at radius 2 is 2.42 bits per heavy atom. The molecule has 0 saturated carbocycles. The minimum Gasteiger partial charge on any atom is -0.481 e. The van der Waals surface area contributed by atoms with Crippen molar-refractivity contribution in [2.75, 3.05) is 26.3 Å². The lowest BCUT2D eigenvalue weighted by Gasteiger charge is -2.28. The van der Waals surface area contributed by atoms with Crippen LogP contribution in [0.25, 0.3) is 0 Å². The first-order valence-corrected chi connectivity index (χ1v) is 4.32. The van der Waals surface area contributed by atoms with Gasteiger partial charge < -0.3 is 9.84 Å². The first kappa shape index (κ1) is 8.01. The van der Waals surface area contributed by atoms with Crippen molar-refractivity contribution in [1.29, 1.82) is 0 Å². The number of nitrogens with zero attached hydrogens (tertiary/aromatic N) is 1. The number of morpholine rings is 1. The molecule has 0 unspecified atom stereocenters. The van der Waals surface area contributed by atoms with Crippen molar-refractivity contribution >= 4 is 5.97 Å². The molecule has 1 N–H and O–H groups in total. The van der Waals surface area contributed by atoms with Crippen LogP contribution in [0.5, 0.6) is 0 Å². The summed E-state index contributed by atoms with van der Waals surface area (Å²) in [6.45, 7) is 3.07. The van der Waals surface area contributed by atoms with E-state index in [2.05, 4.69) is 4.90 Å². The zero-order valence-corrected chi connectivity index (χ0v) is 6.90. The van der Waals surface area contributed by atoms with Crippen molar-refractivity contribution in [3.05, 3.63) is 0 Å². The maximum atomic E-state index is 10.7. The molecule has 2 saturated heterocycles. The molecule has 0 spiro atoms. The van der Waals surface area contributed by atoms with E-state index in [4.69, 9.17) is 9.84 Å². The number of aliphatic carboxylic acids is 1. The fourth-order valence-corrected chi connectivity index (χ4v) is 2.01. The highest BCUT2D eigenvalue weighted by Crippen LogP contribution is 2.25. The number of carbonyl (C=O) groups is 1. The summed E-state index contributed by atoms with van der Waals surface area (Å²) in [7, 11) is 0. The maximum absolute atomic E-state index is 10.7. The van der Waals surface area contributed by atoms with Crippen LogP contribution in [-0.2, 0) is 9.53 Å². The number of ether oxygens (including phenoxy) is 1. The van der Waals surface area contributed by atoms with Crippen LogP contribution in [0.15, 0.2) is 0 Å². The van der Waals surface area contributed by atoms with Gasteiger partial charge in [0.05, 0.1) is 19.1 Å². The summed E-state index contributed by atoms with van der Waals surface area (Å²) < 4.78 is 5.28. The van der Waals surface area contributed by atoms with E-state index in [1.165, 1.54) is 0 Å². The Balaban J connectivity index is 1.98. The van der Waals surface area contributed by atoms with E-state index in [0.29, 0.717) is 19.2 Å². The number of rotatable bonds is 1. The number of carboxylic acid groups (broad SMARTS) is 1. The van der Waals surface area contributed by atoms with Crippen LogP contribution in [-0.4, -0.2) is 48.3 Å². The van der Waals surface area contributed by atoms with Crippen LogP contribution in [0.2, 0.25) is 0 Å². The van der Waals surface area contributed by atoms with Crippen LogP contribution < -0.4 is 0 Å². The minimum atomic E-state index is -0.663. The standard InChI is InChI=1S/C8H13NO3/c10-8(11)6-3-7-5-12-2-1-9(7)4-6/h6-7H,1-5H2,(H,10,11)/t6-,7+/m1/s1. The van der Waals surface area contributed by atoms with Crippen molar-refractivity contribution in [2.45, 2.75) is 12.5 Å². The number of hydrogen-bond acceptors (Lipinski definition) is 3. The van der Waals surface area contributed by atoms with E-state index >= 15 is 0 Å². The van der Waals surface area contributed by atoms with E-state index in [1.807, 2.05) is 0 Å². The highest BCUT2D eigenvalue weighted by Gasteiger charge is 2.37. The summed E-state index contributed by atoms with van der Waals surface area (Å²) >= 11 is 0. The summed E-state index contributed by atoms with van der Waals surface area (Å²) in [6.07, 6.45) is 0.759. The maximum Gasteiger partial charge on any atom is 0.307 e. The predicted octanol–water partition coefficient (Wildman–Crippen LogP) is -0.208. The van der Waals surface area contributed by atoms with E-state index in [-0.39, 0.29) is 5.92 Å². The van der Waals surface area contributed by atoms with Gasteiger partial charge in [0.25, 0.3) is 0 Å². The topological polar surface area (TPSA) is 49.8 Å². The first-order valence-electron chi connectivity index (χ1n) is 4.32. The Bertz CT molecular complexity index is 181. The largest absolute Gasteiger partial charge is 0.481 e. The number of fused-ring (bicyclic) bond motifs is 1. The second kappa shape index (κ2) is 3.03. The van der Waals surface area contributed by atoms with Gasteiger partial charge >= 0.3 is 5.97 Å². The normalized spacial score (nSPS) is 36.3. The molecule has 68 valence electrons. The van der Waals surface area contributed by atoms with Crippen molar-refractivity contribution < 1.29 is 14.6 Å². The van der Waals surface area contributed by atoms with Gasteiger partial charge in [-0.2, -0.15) is 0 Å². The molecule has 2 aliphatic heterocycles. The van der Waals surface area contributed by atoms with Gasteiger partial charge in [0.15, 0.2) is 0 Å². The summed E-state index contributed by atoms with van der Waals surface area (Å²) in [5, 5.41) is 8.79.